The lowest BCUT2D eigenvalue weighted by atomic mass is 10.0. The molecule has 2 aromatic carbocycles. The lowest BCUT2D eigenvalue weighted by Crippen LogP contribution is -2.28. The normalized spacial score (nSPS) is 11.5. The van der Waals surface area contributed by atoms with Crippen LogP contribution < -0.4 is 9.84 Å². The van der Waals surface area contributed by atoms with Gasteiger partial charge in [0.15, 0.2) is 5.78 Å². The summed E-state index contributed by atoms with van der Waals surface area (Å²) in [5.74, 6) is -1.82. The molecule has 0 unspecified atom stereocenters. The van der Waals surface area contributed by atoms with Crippen molar-refractivity contribution >= 4 is 17.8 Å². The highest BCUT2D eigenvalue weighted by Crippen LogP contribution is 2.32. The SMILES string of the molecule is O=C([O-])COc1cccc(C(=O)/C=C/c2ccccc2C(F)(F)F)c1. The molecule has 0 aromatic heterocycles. The number of hydrogen-bond acceptors (Lipinski definition) is 4. The number of aliphatic carboxylic acids is 1. The van der Waals surface area contributed by atoms with E-state index in [9.17, 15) is 27.9 Å². The van der Waals surface area contributed by atoms with Crippen LogP contribution in [0.3, 0.4) is 0 Å². The van der Waals surface area contributed by atoms with Gasteiger partial charge < -0.3 is 14.6 Å². The van der Waals surface area contributed by atoms with Crippen LogP contribution >= 0.6 is 0 Å². The molecule has 130 valence electrons. The first-order chi connectivity index (χ1) is 11.8. The van der Waals surface area contributed by atoms with E-state index in [-0.39, 0.29) is 16.9 Å². The van der Waals surface area contributed by atoms with Crippen LogP contribution in [-0.4, -0.2) is 18.4 Å². The van der Waals surface area contributed by atoms with Crippen molar-refractivity contribution in [2.24, 2.45) is 0 Å². The quantitative estimate of drug-likeness (QED) is 0.594. The van der Waals surface area contributed by atoms with Gasteiger partial charge in [-0.1, -0.05) is 36.4 Å². The summed E-state index contributed by atoms with van der Waals surface area (Å²) in [5.41, 5.74) is -0.825. The summed E-state index contributed by atoms with van der Waals surface area (Å²) in [6.45, 7) is -0.674. The van der Waals surface area contributed by atoms with Crippen LogP contribution in [0.25, 0.3) is 6.08 Å². The number of alkyl halides is 3. The van der Waals surface area contributed by atoms with Gasteiger partial charge in [0.05, 0.1) is 11.5 Å². The number of rotatable bonds is 6. The van der Waals surface area contributed by atoms with Crippen molar-refractivity contribution in [2.45, 2.75) is 6.18 Å². The van der Waals surface area contributed by atoms with Gasteiger partial charge in [-0.15, -0.1) is 0 Å². The van der Waals surface area contributed by atoms with Crippen LogP contribution in [0.2, 0.25) is 0 Å². The van der Waals surface area contributed by atoms with Gasteiger partial charge in [0, 0.05) is 5.56 Å². The number of carbonyl (C=O) groups is 2. The molecule has 7 heteroatoms. The maximum atomic E-state index is 12.9. The molecule has 2 aromatic rings. The maximum Gasteiger partial charge on any atom is 0.416 e. The third-order valence-corrected chi connectivity index (χ3v) is 3.16. The minimum Gasteiger partial charge on any atom is -0.546 e. The molecule has 0 heterocycles. The molecule has 25 heavy (non-hydrogen) atoms. The standard InChI is InChI=1S/C18H13F3O4/c19-18(20,21)15-7-2-1-4-12(15)8-9-16(22)13-5-3-6-14(10-13)25-11-17(23)24/h1-10H,11H2,(H,23,24)/p-1/b9-8+. The molecule has 0 N–H and O–H groups in total. The molecule has 0 amide bonds. The molecule has 0 fully saturated rings. The van der Waals surface area contributed by atoms with E-state index in [1.807, 2.05) is 0 Å². The maximum absolute atomic E-state index is 12.9. The van der Waals surface area contributed by atoms with E-state index in [0.717, 1.165) is 18.2 Å². The first kappa shape index (κ1) is 18.3. The van der Waals surface area contributed by atoms with E-state index in [1.54, 1.807) is 0 Å². The third kappa shape index (κ3) is 5.20. The zero-order valence-electron chi connectivity index (χ0n) is 12.7. The Morgan fingerprint density at radius 2 is 1.80 bits per heavy atom. The van der Waals surface area contributed by atoms with Crippen molar-refractivity contribution < 1.29 is 32.6 Å². The fourth-order valence-electron chi connectivity index (χ4n) is 2.04. The Balaban J connectivity index is 2.19. The van der Waals surface area contributed by atoms with Crippen LogP contribution in [0, 0.1) is 0 Å². The number of carboxylic acid groups (broad SMARTS) is 1. The Kier molecular flexibility index (Phi) is 5.59. The minimum absolute atomic E-state index is 0.132. The zero-order valence-corrected chi connectivity index (χ0v) is 12.7. The second-order valence-corrected chi connectivity index (χ2v) is 4.97. The highest BCUT2D eigenvalue weighted by Gasteiger charge is 2.32. The number of allylic oxidation sites excluding steroid dienone is 1. The highest BCUT2D eigenvalue weighted by atomic mass is 19.4. The smallest absolute Gasteiger partial charge is 0.416 e. The summed E-state index contributed by atoms with van der Waals surface area (Å²) < 4.78 is 43.6. The molecule has 0 saturated carbocycles. The van der Waals surface area contributed by atoms with Gasteiger partial charge in [-0.3, -0.25) is 4.79 Å². The molecule has 0 bridgehead atoms. The Bertz CT molecular complexity index is 810. The predicted octanol–water partition coefficient (Wildman–Crippen LogP) is 2.73. The Morgan fingerprint density at radius 1 is 1.08 bits per heavy atom. The predicted molar refractivity (Wildman–Crippen MR) is 81.8 cm³/mol. The molecular weight excluding hydrogens is 337 g/mol. The van der Waals surface area contributed by atoms with E-state index >= 15 is 0 Å². The molecule has 0 aliphatic heterocycles. The second-order valence-electron chi connectivity index (χ2n) is 4.97. The van der Waals surface area contributed by atoms with Crippen molar-refractivity contribution in [3.63, 3.8) is 0 Å². The fourth-order valence-corrected chi connectivity index (χ4v) is 2.04. The van der Waals surface area contributed by atoms with Crippen molar-refractivity contribution in [1.29, 1.82) is 0 Å². The van der Waals surface area contributed by atoms with Gasteiger partial charge in [-0.2, -0.15) is 13.2 Å². The number of carboxylic acids is 1. The van der Waals surface area contributed by atoms with E-state index in [2.05, 4.69) is 0 Å². The number of carbonyl (C=O) groups excluding carboxylic acids is 2. The number of benzene rings is 2. The topological polar surface area (TPSA) is 66.4 Å². The molecule has 0 radical (unpaired) electrons. The highest BCUT2D eigenvalue weighted by molar-refractivity contribution is 6.07. The van der Waals surface area contributed by atoms with Gasteiger partial charge >= 0.3 is 6.18 Å². The number of ether oxygens (including phenoxy) is 1. The van der Waals surface area contributed by atoms with Crippen LogP contribution in [0.15, 0.2) is 54.6 Å². The number of ketones is 1. The lowest BCUT2D eigenvalue weighted by Gasteiger charge is -2.09. The molecule has 0 atom stereocenters. The summed E-state index contributed by atoms with van der Waals surface area (Å²) >= 11 is 0. The summed E-state index contributed by atoms with van der Waals surface area (Å²) in [4.78, 5) is 22.5. The molecular formula is C18H12F3O4-. The summed E-state index contributed by atoms with van der Waals surface area (Å²) in [6.07, 6.45) is -2.43. The van der Waals surface area contributed by atoms with E-state index in [4.69, 9.17) is 4.74 Å². The van der Waals surface area contributed by atoms with Crippen molar-refractivity contribution in [3.05, 3.63) is 71.3 Å². The van der Waals surface area contributed by atoms with Crippen LogP contribution in [-0.2, 0) is 11.0 Å². The third-order valence-electron chi connectivity index (χ3n) is 3.16. The average molecular weight is 349 g/mol. The summed E-state index contributed by atoms with van der Waals surface area (Å²) in [5, 5.41) is 10.4. The Morgan fingerprint density at radius 3 is 2.48 bits per heavy atom. The summed E-state index contributed by atoms with van der Waals surface area (Å²) in [7, 11) is 0. The Labute approximate surface area is 141 Å². The average Bonchev–Trinajstić information content (AvgIpc) is 2.57. The number of hydrogen-bond donors (Lipinski definition) is 0. The first-order valence-corrected chi connectivity index (χ1v) is 7.09. The largest absolute Gasteiger partial charge is 0.546 e. The second kappa shape index (κ2) is 7.65. The summed E-state index contributed by atoms with van der Waals surface area (Å²) in [6, 6.07) is 10.5. The number of halogens is 3. The van der Waals surface area contributed by atoms with Crippen molar-refractivity contribution in [3.8, 4) is 5.75 Å². The van der Waals surface area contributed by atoms with E-state index in [0.29, 0.717) is 0 Å². The molecule has 0 saturated heterocycles. The molecule has 4 nitrogen and oxygen atoms in total. The van der Waals surface area contributed by atoms with Gasteiger partial charge in [0.1, 0.15) is 12.4 Å². The minimum atomic E-state index is -4.53. The van der Waals surface area contributed by atoms with Crippen LogP contribution in [0.1, 0.15) is 21.5 Å². The molecule has 0 aliphatic carbocycles. The van der Waals surface area contributed by atoms with Gasteiger partial charge in [-0.25, -0.2) is 0 Å². The first-order valence-electron chi connectivity index (χ1n) is 7.09. The van der Waals surface area contributed by atoms with Gasteiger partial charge in [0.25, 0.3) is 0 Å². The Hall–Kier alpha value is -3.09. The molecule has 0 spiro atoms. The lowest BCUT2D eigenvalue weighted by molar-refractivity contribution is -0.307. The van der Waals surface area contributed by atoms with Gasteiger partial charge in [-0.05, 0) is 29.8 Å². The van der Waals surface area contributed by atoms with Crippen LogP contribution in [0.4, 0.5) is 13.2 Å². The fraction of sp³-hybridized carbons (Fsp3) is 0.111. The zero-order chi connectivity index (χ0) is 18.4. The van der Waals surface area contributed by atoms with Crippen LogP contribution in [0.5, 0.6) is 5.75 Å². The van der Waals surface area contributed by atoms with Crippen molar-refractivity contribution in [1.82, 2.24) is 0 Å². The monoisotopic (exact) mass is 349 g/mol. The van der Waals surface area contributed by atoms with E-state index < -0.39 is 30.1 Å². The van der Waals surface area contributed by atoms with Gasteiger partial charge in [0.2, 0.25) is 0 Å². The van der Waals surface area contributed by atoms with Crippen molar-refractivity contribution in [2.75, 3.05) is 6.61 Å². The molecule has 2 rings (SSSR count). The van der Waals surface area contributed by atoms with E-state index in [1.165, 1.54) is 42.5 Å². The molecule has 0 aliphatic rings.